The van der Waals surface area contributed by atoms with E-state index in [0.29, 0.717) is 0 Å². The summed E-state index contributed by atoms with van der Waals surface area (Å²) in [7, 11) is 0. The monoisotopic (exact) mass is 141 g/mol. The van der Waals surface area contributed by atoms with Crippen LogP contribution in [0.1, 0.15) is 29.9 Å². The van der Waals surface area contributed by atoms with Crippen molar-refractivity contribution in [3.05, 3.63) is 41.8 Å². The molecule has 1 aliphatic carbocycles. The largest absolute Gasteiger partial charge is 0.0619 e. The van der Waals surface area contributed by atoms with E-state index in [1.165, 1.54) is 18.4 Å². The number of hydrogen-bond acceptors (Lipinski definition) is 0. The highest BCUT2D eigenvalue weighted by Crippen LogP contribution is 2.41. The molecule has 53 valence electrons. The topological polar surface area (TPSA) is 0 Å². The molecular weight excluding hydrogens is 132 g/mol. The van der Waals surface area contributed by atoms with Gasteiger partial charge in [0, 0.05) is 5.56 Å². The van der Waals surface area contributed by atoms with Crippen LogP contribution in [0, 0.1) is 12.3 Å². The molecule has 0 aromatic heterocycles. The van der Waals surface area contributed by atoms with Gasteiger partial charge in [-0.25, -0.2) is 0 Å². The predicted molar refractivity (Wildman–Crippen MR) is 44.7 cm³/mol. The molecule has 1 saturated carbocycles. The van der Waals surface area contributed by atoms with Gasteiger partial charge in [0.25, 0.3) is 0 Å². The quantitative estimate of drug-likeness (QED) is 0.527. The Balaban J connectivity index is 2.44. The number of hydrogen-bond donors (Lipinski definition) is 0. The molecule has 0 aliphatic heterocycles. The lowest BCUT2D eigenvalue weighted by atomic mass is 10.0. The van der Waals surface area contributed by atoms with E-state index in [-0.39, 0.29) is 0 Å². The summed E-state index contributed by atoms with van der Waals surface area (Å²) in [4.78, 5) is 0. The fourth-order valence-corrected chi connectivity index (χ4v) is 1.36. The Morgan fingerprint density at radius 1 is 1.27 bits per heavy atom. The maximum atomic E-state index is 7.06. The molecule has 1 radical (unpaired) electrons. The zero-order valence-electron chi connectivity index (χ0n) is 6.30. The van der Waals surface area contributed by atoms with Gasteiger partial charge < -0.3 is 0 Å². The zero-order valence-corrected chi connectivity index (χ0v) is 6.30. The first-order valence-corrected chi connectivity index (χ1v) is 3.93. The van der Waals surface area contributed by atoms with E-state index in [1.54, 1.807) is 0 Å². The second-order valence-electron chi connectivity index (χ2n) is 2.99. The van der Waals surface area contributed by atoms with Gasteiger partial charge in [0.1, 0.15) is 0 Å². The third-order valence-corrected chi connectivity index (χ3v) is 2.11. The molecule has 0 spiro atoms. The van der Waals surface area contributed by atoms with Gasteiger partial charge in [0.2, 0.25) is 0 Å². The minimum Gasteiger partial charge on any atom is -0.0619 e. The maximum Gasteiger partial charge on any atom is 0.0290 e. The van der Waals surface area contributed by atoms with Crippen molar-refractivity contribution in [2.45, 2.75) is 18.8 Å². The van der Waals surface area contributed by atoms with E-state index in [9.17, 15) is 0 Å². The number of benzene rings is 1. The maximum absolute atomic E-state index is 7.06. The van der Waals surface area contributed by atoms with E-state index in [4.69, 9.17) is 6.42 Å². The predicted octanol–water partition coefficient (Wildman–Crippen LogP) is 2.50. The molecule has 0 atom stereocenters. The molecule has 1 aromatic rings. The fraction of sp³-hybridized carbons (Fsp3) is 0.273. The molecule has 2 rings (SSSR count). The molecule has 0 unspecified atom stereocenters. The molecule has 1 aromatic carbocycles. The molecule has 0 saturated heterocycles. The highest BCUT2D eigenvalue weighted by atomic mass is 14.3. The Labute approximate surface area is 67.2 Å². The normalized spacial score (nSPS) is 15.9. The van der Waals surface area contributed by atoms with Crippen LogP contribution >= 0.6 is 0 Å². The van der Waals surface area contributed by atoms with E-state index < -0.39 is 0 Å². The highest BCUT2D eigenvalue weighted by Gasteiger charge is 2.24. The van der Waals surface area contributed by atoms with Crippen molar-refractivity contribution in [3.63, 3.8) is 0 Å². The fourth-order valence-electron chi connectivity index (χ4n) is 1.36. The molecule has 0 amide bonds. The van der Waals surface area contributed by atoms with Crippen molar-refractivity contribution >= 4 is 0 Å². The van der Waals surface area contributed by atoms with E-state index in [2.05, 4.69) is 12.0 Å². The molecule has 11 heavy (non-hydrogen) atoms. The molecule has 0 N–H and O–H groups in total. The molecular formula is C11H9. The van der Waals surface area contributed by atoms with Gasteiger partial charge >= 0.3 is 0 Å². The molecule has 1 aliphatic rings. The van der Waals surface area contributed by atoms with Gasteiger partial charge in [-0.15, -0.1) is 0 Å². The second-order valence-corrected chi connectivity index (χ2v) is 2.99. The van der Waals surface area contributed by atoms with Gasteiger partial charge in [-0.3, -0.25) is 0 Å². The first-order chi connectivity index (χ1) is 5.42. The summed E-state index contributed by atoms with van der Waals surface area (Å²) >= 11 is 0. The van der Waals surface area contributed by atoms with Crippen LogP contribution in [0.25, 0.3) is 0 Å². The lowest BCUT2D eigenvalue weighted by Crippen LogP contribution is -1.84. The van der Waals surface area contributed by atoms with Gasteiger partial charge in [-0.2, -0.15) is 0 Å². The van der Waals surface area contributed by atoms with Crippen LogP contribution in [0.2, 0.25) is 0 Å². The van der Waals surface area contributed by atoms with Crippen LogP contribution in [0.5, 0.6) is 0 Å². The molecule has 0 bridgehead atoms. The first-order valence-electron chi connectivity index (χ1n) is 3.93. The Kier molecular flexibility index (Phi) is 1.43. The summed E-state index contributed by atoms with van der Waals surface area (Å²) in [5, 5.41) is 0. The third kappa shape index (κ3) is 1.14. The van der Waals surface area contributed by atoms with Crippen LogP contribution < -0.4 is 0 Å². The minimum atomic E-state index is 0.726. The lowest BCUT2D eigenvalue weighted by Gasteiger charge is -1.99. The Morgan fingerprint density at radius 3 is 2.64 bits per heavy atom. The summed E-state index contributed by atoms with van der Waals surface area (Å²) in [6, 6.07) is 8.06. The van der Waals surface area contributed by atoms with Crippen molar-refractivity contribution in [2.24, 2.45) is 0 Å². The van der Waals surface area contributed by atoms with Crippen molar-refractivity contribution in [1.29, 1.82) is 0 Å². The summed E-state index contributed by atoms with van der Waals surface area (Å²) < 4.78 is 0. The van der Waals surface area contributed by atoms with Gasteiger partial charge in [-0.1, -0.05) is 24.1 Å². The SMILES string of the molecule is [C]#Cc1ccccc1C1CC1. The van der Waals surface area contributed by atoms with E-state index >= 15 is 0 Å². The second kappa shape index (κ2) is 2.43. The summed E-state index contributed by atoms with van der Waals surface area (Å²) in [5.74, 6) is 3.19. The molecule has 1 fully saturated rings. The Hall–Kier alpha value is -1.22. The van der Waals surface area contributed by atoms with Gasteiger partial charge in [0.05, 0.1) is 0 Å². The van der Waals surface area contributed by atoms with Crippen LogP contribution in [-0.4, -0.2) is 0 Å². The van der Waals surface area contributed by atoms with Crippen molar-refractivity contribution in [3.8, 4) is 5.92 Å². The van der Waals surface area contributed by atoms with Crippen LogP contribution in [0.3, 0.4) is 0 Å². The van der Waals surface area contributed by atoms with Crippen molar-refractivity contribution in [1.82, 2.24) is 0 Å². The zero-order chi connectivity index (χ0) is 7.68. The summed E-state index contributed by atoms with van der Waals surface area (Å²) in [6.07, 6.45) is 9.64. The Morgan fingerprint density at radius 2 is 2.00 bits per heavy atom. The van der Waals surface area contributed by atoms with Crippen LogP contribution in [-0.2, 0) is 0 Å². The van der Waals surface area contributed by atoms with Crippen molar-refractivity contribution in [2.75, 3.05) is 0 Å². The van der Waals surface area contributed by atoms with Gasteiger partial charge in [-0.05, 0) is 36.8 Å². The standard InChI is InChI=1S/C11H9/c1-2-9-5-3-4-6-11(9)10-7-8-10/h3-6,10H,7-8H2. The summed E-state index contributed by atoms with van der Waals surface area (Å²) in [6.45, 7) is 0. The minimum absolute atomic E-state index is 0.726. The average Bonchev–Trinajstić information content (AvgIpc) is 2.87. The third-order valence-electron chi connectivity index (χ3n) is 2.11. The highest BCUT2D eigenvalue weighted by molar-refractivity contribution is 5.42. The average molecular weight is 141 g/mol. The first kappa shape index (κ1) is 6.49. The Bertz CT molecular complexity index is 300. The van der Waals surface area contributed by atoms with E-state index in [0.717, 1.165) is 11.5 Å². The van der Waals surface area contributed by atoms with Gasteiger partial charge in [0.15, 0.2) is 0 Å². The lowest BCUT2D eigenvalue weighted by molar-refractivity contribution is 1.12. The smallest absolute Gasteiger partial charge is 0.0290 e. The molecule has 0 heterocycles. The molecule has 0 heteroatoms. The van der Waals surface area contributed by atoms with Crippen molar-refractivity contribution < 1.29 is 0 Å². The van der Waals surface area contributed by atoms with Crippen LogP contribution in [0.15, 0.2) is 24.3 Å². The van der Waals surface area contributed by atoms with E-state index in [1.807, 2.05) is 18.2 Å². The summed E-state index contributed by atoms with van der Waals surface area (Å²) in [5.41, 5.74) is 2.28. The number of rotatable bonds is 1. The van der Waals surface area contributed by atoms with Crippen LogP contribution in [0.4, 0.5) is 0 Å². The molecule has 0 nitrogen and oxygen atoms in total.